The molecule has 6 heteroatoms. The van der Waals surface area contributed by atoms with E-state index in [-0.39, 0.29) is 0 Å². The minimum absolute atomic E-state index is 0.343. The minimum Gasteiger partial charge on any atom is -0.278 e. The molecule has 0 radical (unpaired) electrons. The quantitative estimate of drug-likeness (QED) is 0.462. The Morgan fingerprint density at radius 1 is 0.929 bits per heavy atom. The zero-order valence-electron chi connectivity index (χ0n) is 16.0. The van der Waals surface area contributed by atoms with Crippen molar-refractivity contribution in [3.8, 4) is 0 Å². The number of hydrogen-bond donors (Lipinski definition) is 1. The van der Waals surface area contributed by atoms with E-state index in [1.165, 1.54) is 0 Å². The lowest BCUT2D eigenvalue weighted by Crippen LogP contribution is -2.16. The van der Waals surface area contributed by atoms with Gasteiger partial charge in [0.05, 0.1) is 10.6 Å². The molecular weight excluding hydrogens is 410 g/mol. The zero-order valence-corrected chi connectivity index (χ0v) is 18.4. The molecule has 0 heterocycles. The molecule has 0 aliphatic rings. The Hall–Kier alpha value is -1.95. The number of hydrogen-bond acceptors (Lipinski definition) is 3. The molecule has 0 fully saturated rings. The Balaban J connectivity index is 1.86. The molecular formula is C22H22ClNO2S2. The maximum atomic E-state index is 13.1. The second-order valence-electron chi connectivity index (χ2n) is 6.74. The lowest BCUT2D eigenvalue weighted by molar-refractivity contribution is 0.600. The number of para-hydroxylation sites is 1. The van der Waals surface area contributed by atoms with Crippen molar-refractivity contribution >= 4 is 39.1 Å². The molecule has 3 rings (SSSR count). The van der Waals surface area contributed by atoms with Gasteiger partial charge in [0, 0.05) is 15.7 Å². The van der Waals surface area contributed by atoms with Crippen LogP contribution in [0, 0.1) is 20.8 Å². The van der Waals surface area contributed by atoms with Crippen molar-refractivity contribution in [3.05, 3.63) is 87.9 Å². The Labute approximate surface area is 176 Å². The van der Waals surface area contributed by atoms with Gasteiger partial charge in [-0.25, -0.2) is 8.42 Å². The number of thioether (sulfide) groups is 1. The molecule has 0 aromatic heterocycles. The predicted octanol–water partition coefficient (Wildman–Crippen LogP) is 6.36. The van der Waals surface area contributed by atoms with Gasteiger partial charge >= 0.3 is 0 Å². The fourth-order valence-electron chi connectivity index (χ4n) is 3.20. The number of nitrogens with one attached hydrogen (secondary N) is 1. The Morgan fingerprint density at radius 3 is 2.18 bits per heavy atom. The molecule has 3 aromatic rings. The lowest BCUT2D eigenvalue weighted by Gasteiger charge is -2.16. The highest BCUT2D eigenvalue weighted by Gasteiger charge is 2.21. The van der Waals surface area contributed by atoms with Gasteiger partial charge in [0.15, 0.2) is 0 Å². The van der Waals surface area contributed by atoms with Gasteiger partial charge < -0.3 is 0 Å². The fourth-order valence-corrected chi connectivity index (χ4v) is 5.89. The number of aryl methyl sites for hydroxylation is 3. The van der Waals surface area contributed by atoms with Crippen LogP contribution >= 0.6 is 23.4 Å². The minimum atomic E-state index is -3.68. The SMILES string of the molecule is Cc1cc(C)c(S(=O)(=O)Nc2ccccc2SCc2ccc(Cl)cc2)c(C)c1. The van der Waals surface area contributed by atoms with Gasteiger partial charge in [-0.05, 0) is 61.7 Å². The first-order chi connectivity index (χ1) is 13.3. The summed E-state index contributed by atoms with van der Waals surface area (Å²) in [7, 11) is -3.68. The van der Waals surface area contributed by atoms with E-state index in [0.29, 0.717) is 15.6 Å². The van der Waals surface area contributed by atoms with Crippen LogP contribution in [-0.2, 0) is 15.8 Å². The Bertz CT molecular complexity index is 1070. The fraction of sp³-hybridized carbons (Fsp3) is 0.182. The van der Waals surface area contributed by atoms with Gasteiger partial charge in [-0.2, -0.15) is 0 Å². The smallest absolute Gasteiger partial charge is 0.262 e. The summed E-state index contributed by atoms with van der Waals surface area (Å²) in [4.78, 5) is 1.22. The molecule has 0 amide bonds. The van der Waals surface area contributed by atoms with Crippen LogP contribution in [0.1, 0.15) is 22.3 Å². The molecule has 0 unspecified atom stereocenters. The van der Waals surface area contributed by atoms with Gasteiger partial charge in [0.25, 0.3) is 10.0 Å². The molecule has 1 N–H and O–H groups in total. The molecule has 0 saturated heterocycles. The van der Waals surface area contributed by atoms with Crippen molar-refractivity contribution in [1.29, 1.82) is 0 Å². The van der Waals surface area contributed by atoms with E-state index in [1.54, 1.807) is 17.8 Å². The summed E-state index contributed by atoms with van der Waals surface area (Å²) in [6, 6.07) is 18.9. The number of benzene rings is 3. The second kappa shape index (κ2) is 8.60. The van der Waals surface area contributed by atoms with Crippen molar-refractivity contribution in [2.24, 2.45) is 0 Å². The van der Waals surface area contributed by atoms with Crippen LogP contribution in [0.15, 0.2) is 70.5 Å². The van der Waals surface area contributed by atoms with Crippen molar-refractivity contribution in [2.45, 2.75) is 36.3 Å². The average molecular weight is 432 g/mol. The van der Waals surface area contributed by atoms with Gasteiger partial charge in [0.1, 0.15) is 0 Å². The third-order valence-corrected chi connectivity index (χ3v) is 7.38. The van der Waals surface area contributed by atoms with E-state index < -0.39 is 10.0 Å². The first-order valence-corrected chi connectivity index (χ1v) is 11.7. The highest BCUT2D eigenvalue weighted by molar-refractivity contribution is 7.98. The molecule has 3 nitrogen and oxygen atoms in total. The summed E-state index contributed by atoms with van der Waals surface area (Å²) >= 11 is 7.52. The summed E-state index contributed by atoms with van der Waals surface area (Å²) in [6.45, 7) is 5.62. The third-order valence-electron chi connectivity index (χ3n) is 4.31. The molecule has 0 saturated carbocycles. The molecule has 0 atom stereocenters. The van der Waals surface area contributed by atoms with Gasteiger partial charge in [0.2, 0.25) is 0 Å². The van der Waals surface area contributed by atoms with E-state index in [9.17, 15) is 8.42 Å². The van der Waals surface area contributed by atoms with E-state index in [1.807, 2.05) is 75.4 Å². The standard InChI is InChI=1S/C22H22ClNO2S2/c1-15-12-16(2)22(17(3)13-15)28(25,26)24-20-6-4-5-7-21(20)27-14-18-8-10-19(23)11-9-18/h4-13,24H,14H2,1-3H3. The number of sulfonamides is 1. The van der Waals surface area contributed by atoms with Crippen molar-refractivity contribution in [1.82, 2.24) is 0 Å². The van der Waals surface area contributed by atoms with E-state index in [2.05, 4.69) is 4.72 Å². The first kappa shape index (κ1) is 20.8. The van der Waals surface area contributed by atoms with Crippen LogP contribution in [0.2, 0.25) is 5.02 Å². The molecule has 0 bridgehead atoms. The van der Waals surface area contributed by atoms with E-state index in [0.717, 1.165) is 32.9 Å². The molecule has 0 aliphatic carbocycles. The van der Waals surface area contributed by atoms with Crippen molar-refractivity contribution in [3.63, 3.8) is 0 Å². The van der Waals surface area contributed by atoms with Crippen LogP contribution in [0.25, 0.3) is 0 Å². The first-order valence-electron chi connectivity index (χ1n) is 8.83. The van der Waals surface area contributed by atoms with Crippen LogP contribution in [-0.4, -0.2) is 8.42 Å². The molecule has 3 aromatic carbocycles. The molecule has 0 spiro atoms. The molecule has 0 aliphatic heterocycles. The molecule has 28 heavy (non-hydrogen) atoms. The maximum absolute atomic E-state index is 13.1. The third kappa shape index (κ3) is 4.90. The van der Waals surface area contributed by atoms with E-state index in [4.69, 9.17) is 11.6 Å². The largest absolute Gasteiger partial charge is 0.278 e. The van der Waals surface area contributed by atoms with Crippen molar-refractivity contribution < 1.29 is 8.42 Å². The van der Waals surface area contributed by atoms with Crippen LogP contribution in [0.3, 0.4) is 0 Å². The zero-order chi connectivity index (χ0) is 20.3. The highest BCUT2D eigenvalue weighted by atomic mass is 35.5. The van der Waals surface area contributed by atoms with Crippen LogP contribution in [0.5, 0.6) is 0 Å². The average Bonchev–Trinajstić information content (AvgIpc) is 2.61. The molecule has 146 valence electrons. The predicted molar refractivity (Wildman–Crippen MR) is 119 cm³/mol. The number of anilines is 1. The lowest BCUT2D eigenvalue weighted by atomic mass is 10.1. The summed E-state index contributed by atoms with van der Waals surface area (Å²) in [5, 5.41) is 0.700. The van der Waals surface area contributed by atoms with Gasteiger partial charge in [-0.3, -0.25) is 4.72 Å². The van der Waals surface area contributed by atoms with Crippen molar-refractivity contribution in [2.75, 3.05) is 4.72 Å². The topological polar surface area (TPSA) is 46.2 Å². The Morgan fingerprint density at radius 2 is 1.54 bits per heavy atom. The monoisotopic (exact) mass is 431 g/mol. The second-order valence-corrected chi connectivity index (χ2v) is 9.82. The van der Waals surface area contributed by atoms with Crippen LogP contribution < -0.4 is 4.72 Å². The van der Waals surface area contributed by atoms with Crippen LogP contribution in [0.4, 0.5) is 5.69 Å². The highest BCUT2D eigenvalue weighted by Crippen LogP contribution is 2.32. The number of halogens is 1. The van der Waals surface area contributed by atoms with E-state index >= 15 is 0 Å². The summed E-state index contributed by atoms with van der Waals surface area (Å²) in [5.74, 6) is 0.721. The Kier molecular flexibility index (Phi) is 6.38. The van der Waals surface area contributed by atoms with Gasteiger partial charge in [-0.1, -0.05) is 53.6 Å². The number of rotatable bonds is 6. The summed E-state index contributed by atoms with van der Waals surface area (Å²) in [5.41, 5.74) is 4.25. The summed E-state index contributed by atoms with van der Waals surface area (Å²) in [6.07, 6.45) is 0. The normalized spacial score (nSPS) is 11.4. The van der Waals surface area contributed by atoms with Gasteiger partial charge in [-0.15, -0.1) is 11.8 Å². The maximum Gasteiger partial charge on any atom is 0.262 e. The summed E-state index contributed by atoms with van der Waals surface area (Å²) < 4.78 is 28.9.